The Morgan fingerprint density at radius 3 is 2.86 bits per heavy atom. The van der Waals surface area contributed by atoms with E-state index >= 15 is 0 Å². The first kappa shape index (κ1) is 17.9. The van der Waals surface area contributed by atoms with Crippen LogP contribution in [0.4, 0.5) is 5.69 Å². The Morgan fingerprint density at radius 1 is 1.17 bits per heavy atom. The highest BCUT2D eigenvalue weighted by atomic mass is 16.1. The molecule has 1 atom stereocenters. The maximum Gasteiger partial charge on any atom is 0.276 e. The molecule has 29 heavy (non-hydrogen) atoms. The third kappa shape index (κ3) is 3.19. The number of anilines is 1. The fourth-order valence-electron chi connectivity index (χ4n) is 4.39. The number of fused-ring (bicyclic) bond motifs is 3. The van der Waals surface area contributed by atoms with Crippen LogP contribution in [0.25, 0.3) is 21.8 Å². The number of amides is 1. The molecule has 6 heteroatoms. The fourth-order valence-corrected chi connectivity index (χ4v) is 4.39. The molecule has 6 nitrogen and oxygen atoms in total. The topological polar surface area (TPSA) is 63.9 Å². The Bertz CT molecular complexity index is 1180. The predicted molar refractivity (Wildman–Crippen MR) is 116 cm³/mol. The molecule has 1 unspecified atom stereocenters. The van der Waals surface area contributed by atoms with Gasteiger partial charge in [-0.25, -0.2) is 0 Å². The normalized spacial score (nSPS) is 17.1. The van der Waals surface area contributed by atoms with Crippen molar-refractivity contribution in [1.82, 2.24) is 19.7 Å². The Kier molecular flexibility index (Phi) is 4.56. The number of carbonyl (C=O) groups is 1. The van der Waals surface area contributed by atoms with E-state index in [2.05, 4.69) is 63.6 Å². The molecule has 0 aliphatic carbocycles. The maximum atomic E-state index is 12.8. The molecule has 2 aromatic heterocycles. The number of aryl methyl sites for hydroxylation is 1. The molecule has 0 radical (unpaired) electrons. The first-order valence-electron chi connectivity index (χ1n) is 10.3. The molecule has 2 aromatic carbocycles. The summed E-state index contributed by atoms with van der Waals surface area (Å²) in [6.07, 6.45) is 4.13. The molecule has 3 heterocycles. The van der Waals surface area contributed by atoms with Crippen LogP contribution >= 0.6 is 0 Å². The molecule has 4 aromatic rings. The predicted octanol–water partition coefficient (Wildman–Crippen LogP) is 4.19. The minimum Gasteiger partial charge on any atom is -0.341 e. The van der Waals surface area contributed by atoms with Gasteiger partial charge in [-0.1, -0.05) is 18.2 Å². The fraction of sp³-hybridized carbons (Fsp3) is 0.304. The standard InChI is InChI=1S/C23H25N5O/c1-2-27-21-8-4-3-7-18(21)19-14-16(9-10-22(19)27)25-23(29)20-11-13-28(26-20)17-6-5-12-24-15-17/h3-4,7-11,13-14,17,24H,2,5-6,12,15H2,1H3,(H,25,29). The van der Waals surface area contributed by atoms with Crippen molar-refractivity contribution < 1.29 is 4.79 Å². The number of aromatic nitrogens is 3. The summed E-state index contributed by atoms with van der Waals surface area (Å²) in [6.45, 7) is 5.02. The first-order chi connectivity index (χ1) is 14.2. The van der Waals surface area contributed by atoms with Crippen LogP contribution in [0.2, 0.25) is 0 Å². The van der Waals surface area contributed by atoms with Crippen LogP contribution < -0.4 is 10.6 Å². The summed E-state index contributed by atoms with van der Waals surface area (Å²) in [7, 11) is 0. The van der Waals surface area contributed by atoms with E-state index in [1.165, 1.54) is 16.4 Å². The average molecular weight is 387 g/mol. The Labute approximate surface area is 169 Å². The summed E-state index contributed by atoms with van der Waals surface area (Å²) in [5.74, 6) is -0.175. The van der Waals surface area contributed by atoms with Crippen molar-refractivity contribution in [2.24, 2.45) is 0 Å². The van der Waals surface area contributed by atoms with Crippen molar-refractivity contribution in [1.29, 1.82) is 0 Å². The molecule has 5 rings (SSSR count). The van der Waals surface area contributed by atoms with Crippen molar-refractivity contribution in [3.8, 4) is 0 Å². The third-order valence-corrected chi connectivity index (χ3v) is 5.83. The van der Waals surface area contributed by atoms with Gasteiger partial charge in [0.1, 0.15) is 0 Å². The largest absolute Gasteiger partial charge is 0.341 e. The minimum absolute atomic E-state index is 0.175. The van der Waals surface area contributed by atoms with E-state index in [-0.39, 0.29) is 5.91 Å². The van der Waals surface area contributed by atoms with E-state index in [4.69, 9.17) is 0 Å². The Morgan fingerprint density at radius 2 is 2.03 bits per heavy atom. The van der Waals surface area contributed by atoms with E-state index in [0.29, 0.717) is 11.7 Å². The van der Waals surface area contributed by atoms with Crippen LogP contribution in [0, 0.1) is 0 Å². The Balaban J connectivity index is 1.42. The van der Waals surface area contributed by atoms with Crippen molar-refractivity contribution in [3.63, 3.8) is 0 Å². The molecule has 2 N–H and O–H groups in total. The van der Waals surface area contributed by atoms with Crippen LogP contribution in [0.5, 0.6) is 0 Å². The summed E-state index contributed by atoms with van der Waals surface area (Å²) < 4.78 is 4.22. The summed E-state index contributed by atoms with van der Waals surface area (Å²) in [5, 5.41) is 13.3. The zero-order chi connectivity index (χ0) is 19.8. The lowest BCUT2D eigenvalue weighted by molar-refractivity contribution is 0.102. The van der Waals surface area contributed by atoms with E-state index in [0.717, 1.165) is 43.5 Å². The lowest BCUT2D eigenvalue weighted by Gasteiger charge is -2.22. The van der Waals surface area contributed by atoms with Gasteiger partial charge in [0, 0.05) is 46.8 Å². The van der Waals surface area contributed by atoms with E-state index in [1.807, 2.05) is 16.9 Å². The molecule has 1 aliphatic rings. The SMILES string of the molecule is CCn1c2ccccc2c2cc(NC(=O)c3ccn(C4CCCNC4)n3)ccc21. The van der Waals surface area contributed by atoms with Crippen molar-refractivity contribution >= 4 is 33.4 Å². The highest BCUT2D eigenvalue weighted by Crippen LogP contribution is 2.31. The molecule has 148 valence electrons. The molecular formula is C23H25N5O. The number of nitrogens with zero attached hydrogens (tertiary/aromatic N) is 3. The second-order valence-electron chi connectivity index (χ2n) is 7.63. The minimum atomic E-state index is -0.175. The zero-order valence-electron chi connectivity index (χ0n) is 16.6. The van der Waals surface area contributed by atoms with Crippen molar-refractivity contribution in [2.45, 2.75) is 32.4 Å². The van der Waals surface area contributed by atoms with Gasteiger partial charge in [0.2, 0.25) is 0 Å². The number of carbonyl (C=O) groups excluding carboxylic acids is 1. The smallest absolute Gasteiger partial charge is 0.276 e. The van der Waals surface area contributed by atoms with Crippen molar-refractivity contribution in [3.05, 3.63) is 60.4 Å². The number of hydrogen-bond donors (Lipinski definition) is 2. The number of benzene rings is 2. The molecule has 1 aliphatic heterocycles. The molecule has 1 amide bonds. The van der Waals surface area contributed by atoms with Crippen molar-refractivity contribution in [2.75, 3.05) is 18.4 Å². The van der Waals surface area contributed by atoms with E-state index < -0.39 is 0 Å². The third-order valence-electron chi connectivity index (χ3n) is 5.83. The number of nitrogens with one attached hydrogen (secondary N) is 2. The second kappa shape index (κ2) is 7.37. The summed E-state index contributed by atoms with van der Waals surface area (Å²) in [5.41, 5.74) is 3.64. The van der Waals surface area contributed by atoms with E-state index in [1.54, 1.807) is 6.07 Å². The molecular weight excluding hydrogens is 362 g/mol. The number of piperidine rings is 1. The zero-order valence-corrected chi connectivity index (χ0v) is 16.6. The van der Waals surface area contributed by atoms with Gasteiger partial charge in [-0.3, -0.25) is 9.48 Å². The molecule has 1 saturated heterocycles. The number of para-hydroxylation sites is 1. The monoisotopic (exact) mass is 387 g/mol. The van der Waals surface area contributed by atoms with Gasteiger partial charge in [0.15, 0.2) is 5.69 Å². The van der Waals surface area contributed by atoms with Crippen LogP contribution in [0.15, 0.2) is 54.7 Å². The maximum absolute atomic E-state index is 12.8. The first-order valence-corrected chi connectivity index (χ1v) is 10.3. The summed E-state index contributed by atoms with van der Waals surface area (Å²) in [6, 6.07) is 16.6. The van der Waals surface area contributed by atoms with Gasteiger partial charge in [-0.2, -0.15) is 5.10 Å². The summed E-state index contributed by atoms with van der Waals surface area (Å²) >= 11 is 0. The van der Waals surface area contributed by atoms with Crippen LogP contribution in [-0.2, 0) is 6.54 Å². The van der Waals surface area contributed by atoms with Gasteiger partial charge < -0.3 is 15.2 Å². The van der Waals surface area contributed by atoms with Crippen LogP contribution in [0.1, 0.15) is 36.3 Å². The van der Waals surface area contributed by atoms with Crippen LogP contribution in [-0.4, -0.2) is 33.3 Å². The van der Waals surface area contributed by atoms with Crippen LogP contribution in [0.3, 0.4) is 0 Å². The molecule has 0 saturated carbocycles. The van der Waals surface area contributed by atoms with Gasteiger partial charge in [-0.05, 0) is 56.6 Å². The van der Waals surface area contributed by atoms with Gasteiger partial charge in [-0.15, -0.1) is 0 Å². The quantitative estimate of drug-likeness (QED) is 0.552. The average Bonchev–Trinajstić information content (AvgIpc) is 3.37. The lowest BCUT2D eigenvalue weighted by atomic mass is 10.1. The van der Waals surface area contributed by atoms with Gasteiger partial charge in [0.05, 0.1) is 6.04 Å². The molecule has 1 fully saturated rings. The Hall–Kier alpha value is -3.12. The van der Waals surface area contributed by atoms with E-state index in [9.17, 15) is 4.79 Å². The number of hydrogen-bond acceptors (Lipinski definition) is 3. The molecule has 0 bridgehead atoms. The number of rotatable bonds is 4. The van der Waals surface area contributed by atoms with Gasteiger partial charge in [0.25, 0.3) is 5.91 Å². The highest BCUT2D eigenvalue weighted by molar-refractivity contribution is 6.10. The molecule has 0 spiro atoms. The van der Waals surface area contributed by atoms with Gasteiger partial charge >= 0.3 is 0 Å². The highest BCUT2D eigenvalue weighted by Gasteiger charge is 2.18. The lowest BCUT2D eigenvalue weighted by Crippen LogP contribution is -2.32. The summed E-state index contributed by atoms with van der Waals surface area (Å²) in [4.78, 5) is 12.8. The second-order valence-corrected chi connectivity index (χ2v) is 7.63.